The Bertz CT molecular complexity index is 501. The number of carbonyl (C=O) groups is 1. The predicted molar refractivity (Wildman–Crippen MR) is 69.1 cm³/mol. The average molecular weight is 264 g/mol. The predicted octanol–water partition coefficient (Wildman–Crippen LogP) is 1.58. The van der Waals surface area contributed by atoms with E-state index in [4.69, 9.17) is 9.15 Å². The van der Waals surface area contributed by atoms with Crippen molar-refractivity contribution < 1.29 is 13.9 Å². The SMILES string of the molecule is O=C1N=C(N2CCOCC2)S/C1=C/c1ccco1. The number of amidine groups is 1. The maximum absolute atomic E-state index is 11.8. The van der Waals surface area contributed by atoms with E-state index in [1.165, 1.54) is 11.8 Å². The molecule has 0 N–H and O–H groups in total. The van der Waals surface area contributed by atoms with Crippen LogP contribution >= 0.6 is 11.8 Å². The van der Waals surface area contributed by atoms with Crippen molar-refractivity contribution in [3.8, 4) is 0 Å². The van der Waals surface area contributed by atoms with Crippen LogP contribution in [-0.4, -0.2) is 42.3 Å². The van der Waals surface area contributed by atoms with Crippen LogP contribution in [0, 0.1) is 0 Å². The Kier molecular flexibility index (Phi) is 3.21. The molecule has 2 aliphatic heterocycles. The summed E-state index contributed by atoms with van der Waals surface area (Å²) in [4.78, 5) is 18.5. The Balaban J connectivity index is 1.74. The third kappa shape index (κ3) is 2.34. The normalized spacial score (nSPS) is 22.7. The topological polar surface area (TPSA) is 55.0 Å². The fourth-order valence-corrected chi connectivity index (χ4v) is 2.74. The molecule has 0 atom stereocenters. The Morgan fingerprint density at radius 2 is 2.22 bits per heavy atom. The van der Waals surface area contributed by atoms with Gasteiger partial charge in [-0.15, -0.1) is 0 Å². The molecule has 0 bridgehead atoms. The Labute approximate surface area is 108 Å². The van der Waals surface area contributed by atoms with Crippen molar-refractivity contribution in [3.63, 3.8) is 0 Å². The number of furan rings is 1. The quantitative estimate of drug-likeness (QED) is 0.721. The Morgan fingerprint density at radius 1 is 1.39 bits per heavy atom. The minimum absolute atomic E-state index is 0.196. The molecular formula is C12H12N2O3S. The number of rotatable bonds is 1. The molecule has 0 radical (unpaired) electrons. The lowest BCUT2D eigenvalue weighted by atomic mass is 10.4. The highest BCUT2D eigenvalue weighted by atomic mass is 32.2. The summed E-state index contributed by atoms with van der Waals surface area (Å²) < 4.78 is 10.5. The van der Waals surface area contributed by atoms with Gasteiger partial charge in [0.15, 0.2) is 5.17 Å². The van der Waals surface area contributed by atoms with Crippen molar-refractivity contribution in [1.29, 1.82) is 0 Å². The van der Waals surface area contributed by atoms with Crippen LogP contribution < -0.4 is 0 Å². The molecule has 0 saturated carbocycles. The van der Waals surface area contributed by atoms with Crippen molar-refractivity contribution in [2.24, 2.45) is 4.99 Å². The van der Waals surface area contributed by atoms with Crippen LogP contribution in [0.1, 0.15) is 5.76 Å². The van der Waals surface area contributed by atoms with E-state index in [2.05, 4.69) is 9.89 Å². The van der Waals surface area contributed by atoms with Gasteiger partial charge in [0, 0.05) is 19.2 Å². The Morgan fingerprint density at radius 3 is 2.94 bits per heavy atom. The van der Waals surface area contributed by atoms with Crippen molar-refractivity contribution in [1.82, 2.24) is 4.90 Å². The summed E-state index contributed by atoms with van der Waals surface area (Å²) in [5.41, 5.74) is 0. The second-order valence-corrected chi connectivity index (χ2v) is 4.93. The van der Waals surface area contributed by atoms with E-state index in [1.54, 1.807) is 18.4 Å². The maximum atomic E-state index is 11.8. The number of nitrogens with zero attached hydrogens (tertiary/aromatic N) is 2. The first kappa shape index (κ1) is 11.6. The van der Waals surface area contributed by atoms with E-state index in [0.717, 1.165) is 18.3 Å². The maximum Gasteiger partial charge on any atom is 0.286 e. The van der Waals surface area contributed by atoms with E-state index < -0.39 is 0 Å². The molecule has 0 unspecified atom stereocenters. The molecule has 94 valence electrons. The number of amides is 1. The smallest absolute Gasteiger partial charge is 0.286 e. The van der Waals surface area contributed by atoms with Crippen LogP contribution in [0.25, 0.3) is 6.08 Å². The first-order valence-corrected chi connectivity index (χ1v) is 6.53. The summed E-state index contributed by atoms with van der Waals surface area (Å²) in [6.45, 7) is 2.94. The molecule has 5 nitrogen and oxygen atoms in total. The highest BCUT2D eigenvalue weighted by Gasteiger charge is 2.27. The molecule has 1 aromatic heterocycles. The van der Waals surface area contributed by atoms with Crippen LogP contribution in [-0.2, 0) is 9.53 Å². The van der Waals surface area contributed by atoms with Gasteiger partial charge in [-0.3, -0.25) is 4.79 Å². The Hall–Kier alpha value is -1.53. The highest BCUT2D eigenvalue weighted by molar-refractivity contribution is 8.18. The molecule has 3 rings (SSSR count). The van der Waals surface area contributed by atoms with Gasteiger partial charge in [-0.25, -0.2) is 0 Å². The summed E-state index contributed by atoms with van der Waals surface area (Å²) in [6, 6.07) is 3.60. The van der Waals surface area contributed by atoms with Gasteiger partial charge in [0.1, 0.15) is 5.76 Å². The van der Waals surface area contributed by atoms with E-state index in [-0.39, 0.29) is 5.91 Å². The number of aliphatic imine (C=N–C) groups is 1. The number of morpholine rings is 1. The standard InChI is InChI=1S/C12H12N2O3S/c15-11-10(8-9-2-1-5-17-9)18-12(13-11)14-3-6-16-7-4-14/h1-2,5,8H,3-4,6-7H2/b10-8+. The molecule has 0 aliphatic carbocycles. The van der Waals surface area contributed by atoms with E-state index >= 15 is 0 Å². The molecule has 18 heavy (non-hydrogen) atoms. The van der Waals surface area contributed by atoms with Gasteiger partial charge in [0.25, 0.3) is 5.91 Å². The number of ether oxygens (including phenoxy) is 1. The molecule has 6 heteroatoms. The zero-order valence-corrected chi connectivity index (χ0v) is 10.5. The van der Waals surface area contributed by atoms with Crippen molar-refractivity contribution in [3.05, 3.63) is 29.1 Å². The monoisotopic (exact) mass is 264 g/mol. The summed E-state index contributed by atoms with van der Waals surface area (Å²) in [6.07, 6.45) is 3.31. The summed E-state index contributed by atoms with van der Waals surface area (Å²) >= 11 is 1.40. The summed E-state index contributed by atoms with van der Waals surface area (Å²) in [5, 5.41) is 0.765. The molecule has 0 aromatic carbocycles. The van der Waals surface area contributed by atoms with E-state index in [0.29, 0.717) is 23.9 Å². The minimum atomic E-state index is -0.196. The van der Waals surface area contributed by atoms with Crippen LogP contribution in [0.5, 0.6) is 0 Å². The lowest BCUT2D eigenvalue weighted by Crippen LogP contribution is -2.38. The number of carbonyl (C=O) groups excluding carboxylic acids is 1. The molecule has 1 fully saturated rings. The van der Waals surface area contributed by atoms with Crippen molar-refractivity contribution in [2.45, 2.75) is 0 Å². The molecule has 3 heterocycles. The number of thioether (sulfide) groups is 1. The van der Waals surface area contributed by atoms with Crippen molar-refractivity contribution >= 4 is 28.9 Å². The van der Waals surface area contributed by atoms with Gasteiger partial charge in [-0.1, -0.05) is 0 Å². The second kappa shape index (κ2) is 4.99. The van der Waals surface area contributed by atoms with E-state index in [9.17, 15) is 4.79 Å². The lowest BCUT2D eigenvalue weighted by molar-refractivity contribution is -0.113. The lowest BCUT2D eigenvalue weighted by Gasteiger charge is -2.27. The summed E-state index contributed by atoms with van der Waals surface area (Å²) in [7, 11) is 0. The zero-order valence-electron chi connectivity index (χ0n) is 9.67. The minimum Gasteiger partial charge on any atom is -0.465 e. The van der Waals surface area contributed by atoms with Gasteiger partial charge in [0.2, 0.25) is 0 Å². The summed E-state index contributed by atoms with van der Waals surface area (Å²) in [5.74, 6) is 0.474. The third-order valence-corrected chi connectivity index (χ3v) is 3.75. The second-order valence-electron chi connectivity index (χ2n) is 3.93. The fraction of sp³-hybridized carbons (Fsp3) is 0.333. The van der Waals surface area contributed by atoms with E-state index in [1.807, 2.05) is 6.07 Å². The van der Waals surface area contributed by atoms with Crippen LogP contribution in [0.2, 0.25) is 0 Å². The molecule has 2 aliphatic rings. The molecular weight excluding hydrogens is 252 g/mol. The zero-order chi connectivity index (χ0) is 12.4. The first-order valence-electron chi connectivity index (χ1n) is 5.72. The third-order valence-electron chi connectivity index (χ3n) is 2.71. The van der Waals surface area contributed by atoms with Gasteiger partial charge >= 0.3 is 0 Å². The highest BCUT2D eigenvalue weighted by Crippen LogP contribution is 2.30. The van der Waals surface area contributed by atoms with Gasteiger partial charge < -0.3 is 14.1 Å². The number of hydrogen-bond acceptors (Lipinski definition) is 5. The van der Waals surface area contributed by atoms with Crippen LogP contribution in [0.15, 0.2) is 32.7 Å². The van der Waals surface area contributed by atoms with Gasteiger partial charge in [-0.05, 0) is 23.9 Å². The van der Waals surface area contributed by atoms with Gasteiger partial charge in [0.05, 0.1) is 24.4 Å². The average Bonchev–Trinajstić information content (AvgIpc) is 3.02. The van der Waals surface area contributed by atoms with Crippen LogP contribution in [0.4, 0.5) is 0 Å². The van der Waals surface area contributed by atoms with Crippen LogP contribution in [0.3, 0.4) is 0 Å². The first-order chi connectivity index (χ1) is 8.83. The number of hydrogen-bond donors (Lipinski definition) is 0. The molecule has 0 spiro atoms. The van der Waals surface area contributed by atoms with Crippen molar-refractivity contribution in [2.75, 3.05) is 26.3 Å². The largest absolute Gasteiger partial charge is 0.465 e. The molecule has 1 aromatic rings. The van der Waals surface area contributed by atoms with Gasteiger partial charge in [-0.2, -0.15) is 4.99 Å². The molecule has 1 saturated heterocycles. The fourth-order valence-electron chi connectivity index (χ4n) is 1.79. The molecule has 1 amide bonds.